The SMILES string of the molecule is COc1ccc(Nc2nccc(NC(C)c3ccccc3C)n2)cc1. The van der Waals surface area contributed by atoms with Gasteiger partial charge in [0.25, 0.3) is 0 Å². The van der Waals surface area contributed by atoms with Crippen LogP contribution in [0.25, 0.3) is 0 Å². The summed E-state index contributed by atoms with van der Waals surface area (Å²) in [4.78, 5) is 8.82. The molecule has 0 aliphatic carbocycles. The molecule has 3 aromatic rings. The Morgan fingerprint density at radius 2 is 1.76 bits per heavy atom. The summed E-state index contributed by atoms with van der Waals surface area (Å²) in [5, 5.41) is 6.63. The van der Waals surface area contributed by atoms with Crippen LogP contribution in [0.5, 0.6) is 5.75 Å². The molecule has 128 valence electrons. The van der Waals surface area contributed by atoms with Crippen LogP contribution in [0.1, 0.15) is 24.1 Å². The highest BCUT2D eigenvalue weighted by molar-refractivity contribution is 5.56. The van der Waals surface area contributed by atoms with Gasteiger partial charge in [-0.05, 0) is 55.3 Å². The van der Waals surface area contributed by atoms with Gasteiger partial charge in [-0.15, -0.1) is 0 Å². The van der Waals surface area contributed by atoms with Crippen molar-refractivity contribution in [2.45, 2.75) is 19.9 Å². The van der Waals surface area contributed by atoms with E-state index in [1.165, 1.54) is 11.1 Å². The van der Waals surface area contributed by atoms with Gasteiger partial charge in [0, 0.05) is 11.9 Å². The Balaban J connectivity index is 1.71. The van der Waals surface area contributed by atoms with Gasteiger partial charge in [-0.1, -0.05) is 24.3 Å². The van der Waals surface area contributed by atoms with Crippen LogP contribution in [0, 0.1) is 6.92 Å². The van der Waals surface area contributed by atoms with E-state index in [2.05, 4.69) is 52.6 Å². The van der Waals surface area contributed by atoms with E-state index in [0.717, 1.165) is 17.3 Å². The second-order valence-corrected chi connectivity index (χ2v) is 5.84. The topological polar surface area (TPSA) is 59.1 Å². The second kappa shape index (κ2) is 7.66. The van der Waals surface area contributed by atoms with Crippen molar-refractivity contribution in [2.75, 3.05) is 17.7 Å². The zero-order valence-electron chi connectivity index (χ0n) is 14.7. The first-order valence-electron chi connectivity index (χ1n) is 8.22. The van der Waals surface area contributed by atoms with Crippen LogP contribution in [0.3, 0.4) is 0 Å². The molecule has 1 heterocycles. The fourth-order valence-electron chi connectivity index (χ4n) is 2.67. The van der Waals surface area contributed by atoms with E-state index < -0.39 is 0 Å². The van der Waals surface area contributed by atoms with Gasteiger partial charge in [0.1, 0.15) is 11.6 Å². The van der Waals surface area contributed by atoms with E-state index in [0.29, 0.717) is 5.95 Å². The Morgan fingerprint density at radius 3 is 2.48 bits per heavy atom. The Morgan fingerprint density at radius 1 is 1.00 bits per heavy atom. The molecule has 5 heteroatoms. The minimum Gasteiger partial charge on any atom is -0.497 e. The van der Waals surface area contributed by atoms with Crippen LogP contribution in [-0.2, 0) is 0 Å². The van der Waals surface area contributed by atoms with E-state index >= 15 is 0 Å². The molecule has 0 fully saturated rings. The van der Waals surface area contributed by atoms with Crippen LogP contribution in [0.4, 0.5) is 17.5 Å². The molecule has 0 spiro atoms. The number of hydrogen-bond acceptors (Lipinski definition) is 5. The summed E-state index contributed by atoms with van der Waals surface area (Å²) < 4.78 is 5.16. The number of ether oxygens (including phenoxy) is 1. The minimum absolute atomic E-state index is 0.157. The molecule has 25 heavy (non-hydrogen) atoms. The van der Waals surface area contributed by atoms with Crippen molar-refractivity contribution < 1.29 is 4.74 Å². The summed E-state index contributed by atoms with van der Waals surface area (Å²) in [5.74, 6) is 2.14. The normalized spacial score (nSPS) is 11.6. The number of nitrogens with zero attached hydrogens (tertiary/aromatic N) is 2. The quantitative estimate of drug-likeness (QED) is 0.683. The molecule has 0 saturated carbocycles. The van der Waals surface area contributed by atoms with Gasteiger partial charge in [0.05, 0.1) is 13.2 Å². The smallest absolute Gasteiger partial charge is 0.229 e. The maximum absolute atomic E-state index is 5.16. The van der Waals surface area contributed by atoms with Crippen LogP contribution in [0.2, 0.25) is 0 Å². The van der Waals surface area contributed by atoms with Crippen molar-refractivity contribution in [3.63, 3.8) is 0 Å². The molecule has 1 atom stereocenters. The van der Waals surface area contributed by atoms with E-state index in [-0.39, 0.29) is 6.04 Å². The van der Waals surface area contributed by atoms with E-state index in [1.807, 2.05) is 36.4 Å². The largest absolute Gasteiger partial charge is 0.497 e. The van der Waals surface area contributed by atoms with Gasteiger partial charge in [0.15, 0.2) is 0 Å². The standard InChI is InChI=1S/C20H22N4O/c1-14-6-4-5-7-18(14)15(2)22-19-12-13-21-20(24-19)23-16-8-10-17(25-3)11-9-16/h4-13,15H,1-3H3,(H2,21,22,23,24). The monoisotopic (exact) mass is 334 g/mol. The molecule has 0 amide bonds. The Bertz CT molecular complexity index is 833. The summed E-state index contributed by atoms with van der Waals surface area (Å²) in [6.45, 7) is 4.24. The highest BCUT2D eigenvalue weighted by Crippen LogP contribution is 2.22. The van der Waals surface area contributed by atoms with Crippen LogP contribution in [-0.4, -0.2) is 17.1 Å². The number of hydrogen-bond donors (Lipinski definition) is 2. The van der Waals surface area contributed by atoms with Crippen molar-refractivity contribution in [2.24, 2.45) is 0 Å². The molecule has 0 aliphatic heterocycles. The molecule has 0 radical (unpaired) electrons. The summed E-state index contributed by atoms with van der Waals surface area (Å²) in [6, 6.07) is 18.0. The van der Waals surface area contributed by atoms with Gasteiger partial charge < -0.3 is 15.4 Å². The maximum atomic E-state index is 5.16. The molecule has 0 aliphatic rings. The lowest BCUT2D eigenvalue weighted by Gasteiger charge is -2.17. The van der Waals surface area contributed by atoms with Crippen LogP contribution in [0.15, 0.2) is 60.8 Å². The van der Waals surface area contributed by atoms with Crippen molar-refractivity contribution >= 4 is 17.5 Å². The second-order valence-electron chi connectivity index (χ2n) is 5.84. The van der Waals surface area contributed by atoms with Gasteiger partial charge in [-0.3, -0.25) is 0 Å². The molecular weight excluding hydrogens is 312 g/mol. The molecule has 3 rings (SSSR count). The fraction of sp³-hybridized carbons (Fsp3) is 0.200. The zero-order chi connectivity index (χ0) is 17.6. The number of rotatable bonds is 6. The molecule has 0 saturated heterocycles. The predicted octanol–water partition coefficient (Wildman–Crippen LogP) is 4.71. The number of anilines is 3. The highest BCUT2D eigenvalue weighted by Gasteiger charge is 2.09. The molecule has 1 unspecified atom stereocenters. The van der Waals surface area contributed by atoms with Crippen LogP contribution >= 0.6 is 0 Å². The number of methoxy groups -OCH3 is 1. The van der Waals surface area contributed by atoms with E-state index in [1.54, 1.807) is 13.3 Å². The number of aromatic nitrogens is 2. The summed E-state index contributed by atoms with van der Waals surface area (Å²) >= 11 is 0. The highest BCUT2D eigenvalue weighted by atomic mass is 16.5. The molecule has 0 bridgehead atoms. The number of benzene rings is 2. The summed E-state index contributed by atoms with van der Waals surface area (Å²) in [7, 11) is 1.65. The number of nitrogens with one attached hydrogen (secondary N) is 2. The van der Waals surface area contributed by atoms with Crippen molar-refractivity contribution in [1.29, 1.82) is 0 Å². The first-order valence-corrected chi connectivity index (χ1v) is 8.22. The fourth-order valence-corrected chi connectivity index (χ4v) is 2.67. The van der Waals surface area contributed by atoms with Crippen LogP contribution < -0.4 is 15.4 Å². The van der Waals surface area contributed by atoms with Gasteiger partial charge in [-0.25, -0.2) is 4.98 Å². The van der Waals surface area contributed by atoms with Crippen molar-refractivity contribution in [1.82, 2.24) is 9.97 Å². The number of aryl methyl sites for hydroxylation is 1. The summed E-state index contributed by atoms with van der Waals surface area (Å²) in [5.41, 5.74) is 3.42. The first kappa shape index (κ1) is 16.8. The molecule has 1 aromatic heterocycles. The average molecular weight is 334 g/mol. The molecule has 5 nitrogen and oxygen atoms in total. The zero-order valence-corrected chi connectivity index (χ0v) is 14.7. The maximum Gasteiger partial charge on any atom is 0.229 e. The third kappa shape index (κ3) is 4.26. The molecule has 2 N–H and O–H groups in total. The predicted molar refractivity (Wildman–Crippen MR) is 102 cm³/mol. The average Bonchev–Trinajstić information content (AvgIpc) is 2.63. The minimum atomic E-state index is 0.157. The van der Waals surface area contributed by atoms with Gasteiger partial charge in [-0.2, -0.15) is 4.98 Å². The molecule has 2 aromatic carbocycles. The third-order valence-electron chi connectivity index (χ3n) is 4.02. The van der Waals surface area contributed by atoms with E-state index in [9.17, 15) is 0 Å². The lowest BCUT2D eigenvalue weighted by molar-refractivity contribution is 0.415. The summed E-state index contributed by atoms with van der Waals surface area (Å²) in [6.07, 6.45) is 1.74. The molecular formula is C20H22N4O. The lowest BCUT2D eigenvalue weighted by Crippen LogP contribution is -2.10. The van der Waals surface area contributed by atoms with Crippen molar-refractivity contribution in [3.8, 4) is 5.75 Å². The lowest BCUT2D eigenvalue weighted by atomic mass is 10.0. The van der Waals surface area contributed by atoms with Gasteiger partial charge in [0.2, 0.25) is 5.95 Å². The van der Waals surface area contributed by atoms with E-state index in [4.69, 9.17) is 4.74 Å². The Hall–Kier alpha value is -3.08. The first-order chi connectivity index (χ1) is 12.2. The van der Waals surface area contributed by atoms with Crippen molar-refractivity contribution in [3.05, 3.63) is 71.9 Å². The third-order valence-corrected chi connectivity index (χ3v) is 4.02. The Kier molecular flexibility index (Phi) is 5.14. The van der Waals surface area contributed by atoms with Gasteiger partial charge >= 0.3 is 0 Å². The Labute approximate surface area is 148 Å².